The van der Waals surface area contributed by atoms with Crippen molar-refractivity contribution in [3.05, 3.63) is 46.0 Å². The molecule has 0 atom stereocenters. The average Bonchev–Trinajstić information content (AvgIpc) is 2.71. The van der Waals surface area contributed by atoms with Gasteiger partial charge in [-0.3, -0.25) is 9.59 Å². The van der Waals surface area contributed by atoms with Crippen molar-refractivity contribution in [1.29, 1.82) is 0 Å². The number of benzene rings is 1. The molecule has 8 heteroatoms. The van der Waals surface area contributed by atoms with Crippen LogP contribution in [0.5, 0.6) is 0 Å². The van der Waals surface area contributed by atoms with Crippen LogP contribution >= 0.6 is 0 Å². The summed E-state index contributed by atoms with van der Waals surface area (Å²) < 4.78 is 28.5. The number of ketones is 2. The van der Waals surface area contributed by atoms with Crippen LogP contribution in [0.3, 0.4) is 0 Å². The Morgan fingerprint density at radius 3 is 2.00 bits per heavy atom. The number of rotatable bonds is 3. The lowest BCUT2D eigenvalue weighted by Gasteiger charge is -2.37. The van der Waals surface area contributed by atoms with Gasteiger partial charge in [-0.1, -0.05) is 31.2 Å². The Morgan fingerprint density at radius 1 is 0.862 bits per heavy atom. The van der Waals surface area contributed by atoms with E-state index in [4.69, 9.17) is 0 Å². The smallest absolute Gasteiger partial charge is 0.249 e. The molecular weight excluding hydrogens is 390 g/mol. The molecule has 2 fully saturated rings. The normalized spacial score (nSPS) is 22.9. The molecule has 1 aliphatic carbocycles. The summed E-state index contributed by atoms with van der Waals surface area (Å²) >= 11 is 0. The van der Waals surface area contributed by atoms with E-state index < -0.39 is 15.8 Å². The summed E-state index contributed by atoms with van der Waals surface area (Å²) in [5.74, 6) is -0.401. The summed E-state index contributed by atoms with van der Waals surface area (Å²) in [7, 11) is -2.13. The zero-order chi connectivity index (χ0) is 20.8. The van der Waals surface area contributed by atoms with Gasteiger partial charge in [0, 0.05) is 50.4 Å². The summed E-state index contributed by atoms with van der Waals surface area (Å²) in [6, 6.07) is 6.53. The molecule has 0 radical (unpaired) electrons. The quantitative estimate of drug-likeness (QED) is 0.743. The Morgan fingerprint density at radius 2 is 1.41 bits per heavy atom. The molecule has 29 heavy (non-hydrogen) atoms. The monoisotopic (exact) mass is 417 g/mol. The molecule has 156 valence electrons. The first-order valence-corrected chi connectivity index (χ1v) is 11.6. The van der Waals surface area contributed by atoms with Gasteiger partial charge in [0.05, 0.1) is 0 Å². The molecule has 0 saturated carbocycles. The number of piperazine rings is 1. The minimum atomic E-state index is -4.07. The number of piperidine rings is 1. The van der Waals surface area contributed by atoms with Crippen molar-refractivity contribution in [1.82, 2.24) is 14.1 Å². The van der Waals surface area contributed by atoms with Gasteiger partial charge < -0.3 is 9.80 Å². The molecule has 0 N–H and O–H groups in total. The second kappa shape index (κ2) is 7.66. The van der Waals surface area contributed by atoms with Gasteiger partial charge in [0.15, 0.2) is 4.91 Å². The van der Waals surface area contributed by atoms with E-state index in [-0.39, 0.29) is 21.9 Å². The fourth-order valence-electron chi connectivity index (χ4n) is 4.26. The molecule has 3 aliphatic rings. The number of carbonyl (C=O) groups is 2. The van der Waals surface area contributed by atoms with E-state index in [1.54, 1.807) is 24.3 Å². The van der Waals surface area contributed by atoms with Gasteiger partial charge in [0.1, 0.15) is 5.70 Å². The maximum atomic E-state index is 13.6. The van der Waals surface area contributed by atoms with Crippen LogP contribution in [0.4, 0.5) is 0 Å². The fraction of sp³-hybridized carbons (Fsp3) is 0.524. The average molecular weight is 418 g/mol. The lowest BCUT2D eigenvalue weighted by molar-refractivity contribution is 0.0931. The Hall–Kier alpha value is -2.03. The second-order valence-electron chi connectivity index (χ2n) is 8.26. The third kappa shape index (κ3) is 3.53. The SMILES string of the molecule is CC1CCN(C2=C(S(=O)(=O)N3CCN(C)CC3)C(=O)c3ccccc3C2=O)CC1. The molecule has 0 aromatic heterocycles. The van der Waals surface area contributed by atoms with E-state index in [1.807, 2.05) is 11.9 Å². The maximum absolute atomic E-state index is 13.6. The van der Waals surface area contributed by atoms with Crippen LogP contribution in [-0.2, 0) is 10.0 Å². The second-order valence-corrected chi connectivity index (χ2v) is 10.1. The molecule has 1 aromatic rings. The standard InChI is InChI=1S/C21H27N3O4S/c1-15-7-9-23(10-8-15)18-19(25)16-5-3-4-6-17(16)20(26)21(18)29(27,28)24-13-11-22(2)12-14-24/h3-6,15H,7-14H2,1-2H3. The minimum absolute atomic E-state index is 0.0690. The van der Waals surface area contributed by atoms with Gasteiger partial charge in [0.2, 0.25) is 21.6 Å². The molecule has 0 amide bonds. The van der Waals surface area contributed by atoms with Gasteiger partial charge in [-0.05, 0) is 25.8 Å². The summed E-state index contributed by atoms with van der Waals surface area (Å²) in [4.78, 5) is 30.3. The Kier molecular flexibility index (Phi) is 5.35. The molecule has 2 aliphatic heterocycles. The van der Waals surface area contributed by atoms with Crippen LogP contribution in [-0.4, -0.2) is 80.4 Å². The van der Waals surface area contributed by atoms with Gasteiger partial charge in [-0.25, -0.2) is 8.42 Å². The molecule has 7 nitrogen and oxygen atoms in total. The van der Waals surface area contributed by atoms with Crippen LogP contribution in [0, 0.1) is 5.92 Å². The first-order valence-electron chi connectivity index (χ1n) is 10.2. The van der Waals surface area contributed by atoms with Gasteiger partial charge in [-0.2, -0.15) is 4.31 Å². The van der Waals surface area contributed by atoms with Crippen molar-refractivity contribution in [2.45, 2.75) is 19.8 Å². The number of hydrogen-bond acceptors (Lipinski definition) is 6. The van der Waals surface area contributed by atoms with E-state index in [0.717, 1.165) is 12.8 Å². The zero-order valence-corrected chi connectivity index (χ0v) is 17.7. The number of likely N-dealkylation sites (tertiary alicyclic amines) is 1. The Labute approximate surface area is 172 Å². The van der Waals surface area contributed by atoms with Gasteiger partial charge in [-0.15, -0.1) is 0 Å². The van der Waals surface area contributed by atoms with E-state index in [0.29, 0.717) is 50.7 Å². The number of hydrogen-bond donors (Lipinski definition) is 0. The largest absolute Gasteiger partial charge is 0.367 e. The van der Waals surface area contributed by atoms with Crippen molar-refractivity contribution in [3.63, 3.8) is 0 Å². The van der Waals surface area contributed by atoms with Crippen molar-refractivity contribution >= 4 is 21.6 Å². The van der Waals surface area contributed by atoms with E-state index in [2.05, 4.69) is 11.8 Å². The number of sulfonamides is 1. The topological polar surface area (TPSA) is 78.0 Å². The molecule has 1 aromatic carbocycles. The summed E-state index contributed by atoms with van der Waals surface area (Å²) in [5, 5.41) is 0. The molecule has 0 unspecified atom stereocenters. The highest BCUT2D eigenvalue weighted by Gasteiger charge is 2.44. The molecule has 0 bridgehead atoms. The predicted octanol–water partition coefficient (Wildman–Crippen LogP) is 1.59. The molecule has 2 heterocycles. The lowest BCUT2D eigenvalue weighted by Crippen LogP contribution is -2.49. The van der Waals surface area contributed by atoms with Gasteiger partial charge in [0.25, 0.3) is 0 Å². The van der Waals surface area contributed by atoms with Crippen LogP contribution in [0.1, 0.15) is 40.5 Å². The third-order valence-electron chi connectivity index (χ3n) is 6.21. The maximum Gasteiger partial charge on any atom is 0.249 e. The number of nitrogens with zero attached hydrogens (tertiary/aromatic N) is 3. The number of likely N-dealkylation sites (N-methyl/N-ethyl adjacent to an activating group) is 1. The highest BCUT2D eigenvalue weighted by Crippen LogP contribution is 2.34. The zero-order valence-electron chi connectivity index (χ0n) is 16.9. The third-order valence-corrected chi connectivity index (χ3v) is 8.15. The van der Waals surface area contributed by atoms with Crippen LogP contribution in [0.2, 0.25) is 0 Å². The number of carbonyl (C=O) groups excluding carboxylic acids is 2. The van der Waals surface area contributed by atoms with Crippen LogP contribution in [0.15, 0.2) is 34.9 Å². The molecule has 2 saturated heterocycles. The van der Waals surface area contributed by atoms with Crippen molar-refractivity contribution in [2.75, 3.05) is 46.3 Å². The lowest BCUT2D eigenvalue weighted by atomic mass is 9.90. The predicted molar refractivity (Wildman–Crippen MR) is 110 cm³/mol. The van der Waals surface area contributed by atoms with Crippen molar-refractivity contribution in [3.8, 4) is 0 Å². The minimum Gasteiger partial charge on any atom is -0.367 e. The Balaban J connectivity index is 1.84. The molecular formula is C21H27N3O4S. The number of fused-ring (bicyclic) bond motifs is 1. The van der Waals surface area contributed by atoms with E-state index in [9.17, 15) is 18.0 Å². The molecule has 4 rings (SSSR count). The van der Waals surface area contributed by atoms with Crippen molar-refractivity contribution < 1.29 is 18.0 Å². The first-order chi connectivity index (χ1) is 13.8. The van der Waals surface area contributed by atoms with E-state index in [1.165, 1.54) is 4.31 Å². The first kappa shape index (κ1) is 20.3. The number of Topliss-reactive ketones (excluding diaryl/α,β-unsaturated/α-hetero) is 2. The number of allylic oxidation sites excluding steroid dienone is 2. The van der Waals surface area contributed by atoms with E-state index >= 15 is 0 Å². The van der Waals surface area contributed by atoms with Crippen LogP contribution in [0.25, 0.3) is 0 Å². The highest BCUT2D eigenvalue weighted by atomic mass is 32.2. The summed E-state index contributed by atoms with van der Waals surface area (Å²) in [6.45, 7) is 5.14. The summed E-state index contributed by atoms with van der Waals surface area (Å²) in [5.41, 5.74) is 0.544. The van der Waals surface area contributed by atoms with Crippen molar-refractivity contribution in [2.24, 2.45) is 5.92 Å². The van der Waals surface area contributed by atoms with Crippen LogP contribution < -0.4 is 0 Å². The highest BCUT2D eigenvalue weighted by molar-refractivity contribution is 7.94. The molecule has 0 spiro atoms. The van der Waals surface area contributed by atoms with Gasteiger partial charge >= 0.3 is 0 Å². The summed E-state index contributed by atoms with van der Waals surface area (Å²) in [6.07, 6.45) is 1.74. The Bertz CT molecular complexity index is 969. The fourth-order valence-corrected chi connectivity index (χ4v) is 5.97.